The Morgan fingerprint density at radius 3 is 0.876 bits per heavy atom. The highest BCUT2D eigenvalue weighted by Gasteiger charge is 2.30. The van der Waals surface area contributed by atoms with Gasteiger partial charge in [0.15, 0.2) is 12.2 Å². The van der Waals surface area contributed by atoms with Crippen LogP contribution < -0.4 is 0 Å². The van der Waals surface area contributed by atoms with Crippen molar-refractivity contribution in [2.45, 2.75) is 406 Å². The van der Waals surface area contributed by atoms with Gasteiger partial charge in [-0.2, -0.15) is 0 Å². The second-order valence-electron chi connectivity index (χ2n) is 27.7. The van der Waals surface area contributed by atoms with Crippen molar-refractivity contribution in [2.24, 2.45) is 5.92 Å². The van der Waals surface area contributed by atoms with Gasteiger partial charge in [-0.3, -0.25) is 37.3 Å². The van der Waals surface area contributed by atoms with Gasteiger partial charge < -0.3 is 33.8 Å². The number of allylic oxidation sites excluding steroid dienone is 4. The van der Waals surface area contributed by atoms with Gasteiger partial charge in [0.05, 0.1) is 26.4 Å². The predicted molar refractivity (Wildman–Crippen MR) is 395 cm³/mol. The molecule has 0 rings (SSSR count). The molecule has 0 heterocycles. The summed E-state index contributed by atoms with van der Waals surface area (Å²) in [5, 5.41) is 10.6. The molecule has 0 aliphatic heterocycles. The minimum absolute atomic E-state index is 0.102. The highest BCUT2D eigenvalue weighted by molar-refractivity contribution is 7.47. The van der Waals surface area contributed by atoms with Gasteiger partial charge in [-0.1, -0.05) is 335 Å². The number of unbranched alkanes of at least 4 members (excludes halogenated alkanes) is 44. The second kappa shape index (κ2) is 70.6. The summed E-state index contributed by atoms with van der Waals surface area (Å²) in [4.78, 5) is 72.9. The van der Waals surface area contributed by atoms with Crippen LogP contribution in [0.3, 0.4) is 0 Å². The Hall–Kier alpha value is -2.46. The van der Waals surface area contributed by atoms with Crippen molar-refractivity contribution < 1.29 is 80.2 Å². The van der Waals surface area contributed by atoms with E-state index in [2.05, 4.69) is 58.9 Å². The summed E-state index contributed by atoms with van der Waals surface area (Å²) < 4.78 is 68.6. The summed E-state index contributed by atoms with van der Waals surface area (Å²) in [6, 6.07) is 0. The molecule has 6 atom stereocenters. The van der Waals surface area contributed by atoms with Crippen LogP contribution in [0.2, 0.25) is 0 Å². The zero-order chi connectivity index (χ0) is 71.2. The maximum atomic E-state index is 13.1. The summed E-state index contributed by atoms with van der Waals surface area (Å²) in [5.41, 5.74) is 0. The molecule has 0 aromatic carbocycles. The molecule has 572 valence electrons. The topological polar surface area (TPSA) is 237 Å². The Morgan fingerprint density at radius 1 is 0.330 bits per heavy atom. The van der Waals surface area contributed by atoms with E-state index in [4.69, 9.17) is 37.0 Å². The number of phosphoric acid groups is 2. The number of carbonyl (C=O) groups excluding carboxylic acids is 4. The molecule has 0 aliphatic rings. The summed E-state index contributed by atoms with van der Waals surface area (Å²) in [5.74, 6) is -1.34. The molecule has 19 heteroatoms. The van der Waals surface area contributed by atoms with Crippen molar-refractivity contribution in [1.29, 1.82) is 0 Å². The van der Waals surface area contributed by atoms with Crippen LogP contribution in [0.15, 0.2) is 24.3 Å². The summed E-state index contributed by atoms with van der Waals surface area (Å²) in [7, 11) is -9.92. The number of esters is 4. The fourth-order valence-corrected chi connectivity index (χ4v) is 13.1. The van der Waals surface area contributed by atoms with Crippen molar-refractivity contribution in [3.05, 3.63) is 24.3 Å². The first-order valence-corrected chi connectivity index (χ1v) is 43.0. The molecular weight excluding hydrogens is 1270 g/mol. The number of ether oxygens (including phenoxy) is 4. The largest absolute Gasteiger partial charge is 0.472 e. The van der Waals surface area contributed by atoms with Gasteiger partial charge in [0.2, 0.25) is 0 Å². The van der Waals surface area contributed by atoms with E-state index in [0.29, 0.717) is 25.7 Å². The van der Waals surface area contributed by atoms with Gasteiger partial charge in [-0.05, 0) is 57.3 Å². The van der Waals surface area contributed by atoms with Crippen LogP contribution in [0.4, 0.5) is 0 Å². The molecule has 0 aliphatic carbocycles. The minimum Gasteiger partial charge on any atom is -0.462 e. The first-order valence-electron chi connectivity index (χ1n) is 40.0. The molecule has 0 radical (unpaired) electrons. The number of aliphatic hydroxyl groups is 1. The van der Waals surface area contributed by atoms with Crippen molar-refractivity contribution in [3.8, 4) is 0 Å². The summed E-state index contributed by atoms with van der Waals surface area (Å²) in [6.45, 7) is 7.26. The molecule has 0 saturated carbocycles. The molecule has 17 nitrogen and oxygen atoms in total. The van der Waals surface area contributed by atoms with E-state index in [0.717, 1.165) is 115 Å². The van der Waals surface area contributed by atoms with Gasteiger partial charge in [0, 0.05) is 25.7 Å². The van der Waals surface area contributed by atoms with Crippen molar-refractivity contribution in [1.82, 2.24) is 0 Å². The monoisotopic (exact) mass is 1420 g/mol. The van der Waals surface area contributed by atoms with Crippen molar-refractivity contribution in [2.75, 3.05) is 39.6 Å². The number of phosphoric ester groups is 2. The number of hydrogen-bond acceptors (Lipinski definition) is 15. The SMILES string of the molecule is CCCCCC/C=C\C=C/CCCCCCCC(=O)OC[C@H](COP(=O)(O)OC[C@@H](O)COP(=O)(O)OC[C@@H](COC(=O)CCCCCCCCCCCC)OC(=O)CCCCCCCCCCCCC(C)CC)OC(=O)CCCCCCCCCCCCCCCCCCCC. The third-order valence-electron chi connectivity index (χ3n) is 18.0. The molecule has 0 bridgehead atoms. The lowest BCUT2D eigenvalue weighted by Crippen LogP contribution is -2.30. The molecule has 3 unspecified atom stereocenters. The first kappa shape index (κ1) is 94.5. The normalized spacial score (nSPS) is 14.4. The van der Waals surface area contributed by atoms with Gasteiger partial charge >= 0.3 is 39.5 Å². The van der Waals surface area contributed by atoms with E-state index < -0.39 is 97.5 Å². The van der Waals surface area contributed by atoms with Crippen molar-refractivity contribution >= 4 is 39.5 Å². The smallest absolute Gasteiger partial charge is 0.462 e. The lowest BCUT2D eigenvalue weighted by atomic mass is 9.99. The van der Waals surface area contributed by atoms with Crippen LogP contribution in [0.5, 0.6) is 0 Å². The molecule has 0 saturated heterocycles. The van der Waals surface area contributed by atoms with Gasteiger partial charge in [-0.25, -0.2) is 9.13 Å². The van der Waals surface area contributed by atoms with Crippen LogP contribution in [-0.2, 0) is 65.4 Å². The Bertz CT molecular complexity index is 1950. The highest BCUT2D eigenvalue weighted by atomic mass is 31.2. The lowest BCUT2D eigenvalue weighted by molar-refractivity contribution is -0.161. The third kappa shape index (κ3) is 70.4. The van der Waals surface area contributed by atoms with E-state index in [1.54, 1.807) is 0 Å². The molecule has 97 heavy (non-hydrogen) atoms. The second-order valence-corrected chi connectivity index (χ2v) is 30.6. The van der Waals surface area contributed by atoms with Crippen LogP contribution in [0.1, 0.15) is 388 Å². The zero-order valence-corrected chi connectivity index (χ0v) is 64.5. The number of rotatable bonds is 76. The van der Waals surface area contributed by atoms with Crippen LogP contribution in [-0.4, -0.2) is 96.7 Å². The van der Waals surface area contributed by atoms with Crippen LogP contribution in [0, 0.1) is 5.92 Å². The van der Waals surface area contributed by atoms with E-state index in [1.165, 1.54) is 193 Å². The van der Waals surface area contributed by atoms with Crippen LogP contribution >= 0.6 is 15.6 Å². The van der Waals surface area contributed by atoms with Gasteiger partial charge in [0.25, 0.3) is 0 Å². The van der Waals surface area contributed by atoms with Gasteiger partial charge in [-0.15, -0.1) is 0 Å². The third-order valence-corrected chi connectivity index (χ3v) is 19.9. The van der Waals surface area contributed by atoms with Crippen molar-refractivity contribution in [3.63, 3.8) is 0 Å². The standard InChI is InChI=1S/C78H148O17P2/c1-6-10-13-16-19-22-25-27-29-30-31-33-35-37-43-48-53-58-63-77(82)94-74(68-89-76(81)62-57-52-47-42-36-34-32-28-26-23-20-17-14-11-7-2)70-93-97(86,87)91-66-72(79)65-90-96(84,85)92-69-73(67-88-75(80)61-56-51-46-41-24-21-18-15-12-8-3)95-78(83)64-59-54-49-44-39-38-40-45-50-55-60-71(5)9-4/h23,26,28,32,71-74,79H,6-22,24-25,27,29-31,33-70H2,1-5H3,(H,84,85)(H,86,87)/b26-23-,32-28-/t71?,72-,73+,74+/m0/s1. The molecule has 0 amide bonds. The quantitative estimate of drug-likeness (QED) is 0.0169. The maximum Gasteiger partial charge on any atom is 0.472 e. The Kier molecular flexibility index (Phi) is 68.8. The van der Waals surface area contributed by atoms with E-state index in [1.807, 2.05) is 0 Å². The lowest BCUT2D eigenvalue weighted by Gasteiger charge is -2.21. The van der Waals surface area contributed by atoms with E-state index in [9.17, 15) is 43.2 Å². The number of hydrogen-bond donors (Lipinski definition) is 3. The fraction of sp³-hybridized carbons (Fsp3) is 0.897. The first-order chi connectivity index (χ1) is 47.1. The average molecular weight is 1420 g/mol. The summed E-state index contributed by atoms with van der Waals surface area (Å²) >= 11 is 0. The van der Waals surface area contributed by atoms with E-state index >= 15 is 0 Å². The molecule has 0 aromatic heterocycles. The number of carbonyl (C=O) groups is 4. The molecule has 0 spiro atoms. The Morgan fingerprint density at radius 2 is 0.577 bits per heavy atom. The predicted octanol–water partition coefficient (Wildman–Crippen LogP) is 22.8. The molecule has 0 aromatic rings. The Balaban J connectivity index is 5.28. The van der Waals surface area contributed by atoms with Crippen LogP contribution in [0.25, 0.3) is 0 Å². The zero-order valence-electron chi connectivity index (χ0n) is 62.7. The average Bonchev–Trinajstić information content (AvgIpc) is 2.73. The summed E-state index contributed by atoms with van der Waals surface area (Å²) in [6.07, 6.45) is 63.1. The number of aliphatic hydroxyl groups excluding tert-OH is 1. The van der Waals surface area contributed by atoms with Gasteiger partial charge in [0.1, 0.15) is 19.3 Å². The molecule has 3 N–H and O–H groups in total. The molecule has 0 fully saturated rings. The molecular formula is C78H148O17P2. The minimum atomic E-state index is -4.97. The highest BCUT2D eigenvalue weighted by Crippen LogP contribution is 2.45. The Labute approximate surface area is 592 Å². The maximum absolute atomic E-state index is 13.1. The fourth-order valence-electron chi connectivity index (χ4n) is 11.5. The van der Waals surface area contributed by atoms with E-state index in [-0.39, 0.29) is 25.7 Å².